The van der Waals surface area contributed by atoms with Crippen molar-refractivity contribution in [3.05, 3.63) is 29.3 Å². The molecule has 1 aromatic rings. The van der Waals surface area contributed by atoms with Gasteiger partial charge in [0.1, 0.15) is 5.60 Å². The number of nitrogen functional groups attached to an aromatic ring is 1. The lowest BCUT2D eigenvalue weighted by molar-refractivity contribution is 0.0517. The Hall–Kier alpha value is -2.02. The molecule has 25 heavy (non-hydrogen) atoms. The lowest BCUT2D eigenvalue weighted by Crippen LogP contribution is -2.32. The number of rotatable bonds is 6. The van der Waals surface area contributed by atoms with Gasteiger partial charge >= 0.3 is 12.1 Å². The zero-order valence-electron chi connectivity index (χ0n) is 16.1. The van der Waals surface area contributed by atoms with E-state index in [0.29, 0.717) is 17.9 Å². The highest BCUT2D eigenvalue weighted by Gasteiger charge is 2.18. The molecular weight excluding hydrogens is 336 g/mol. The Bertz CT molecular complexity index is 618. The highest BCUT2D eigenvalue weighted by atomic mass is 28.3. The van der Waals surface area contributed by atoms with Crippen molar-refractivity contribution in [2.75, 3.05) is 12.3 Å². The molecule has 0 saturated heterocycles. The van der Waals surface area contributed by atoms with Crippen molar-refractivity contribution in [3.63, 3.8) is 0 Å². The lowest BCUT2D eigenvalue weighted by Gasteiger charge is -2.19. The molecule has 1 rings (SSSR count). The molecule has 0 aliphatic rings. The summed E-state index contributed by atoms with van der Waals surface area (Å²) in [7, 11) is -1.26. The fourth-order valence-corrected chi connectivity index (χ4v) is 2.62. The number of carbonyl (C=O) groups is 2. The minimum atomic E-state index is -1.26. The van der Waals surface area contributed by atoms with Crippen LogP contribution in [0.2, 0.25) is 25.7 Å². The summed E-state index contributed by atoms with van der Waals surface area (Å²) in [5.74, 6) is -0.435. The molecule has 0 heterocycles. The summed E-state index contributed by atoms with van der Waals surface area (Å²) in [6.07, 6.45) is -0.511. The third-order valence-electron chi connectivity index (χ3n) is 3.26. The lowest BCUT2D eigenvalue weighted by atomic mass is 10.1. The molecule has 6 nitrogen and oxygen atoms in total. The van der Waals surface area contributed by atoms with Crippen LogP contribution in [0.1, 0.15) is 36.7 Å². The van der Waals surface area contributed by atoms with Gasteiger partial charge in [-0.2, -0.15) is 0 Å². The van der Waals surface area contributed by atoms with Crippen molar-refractivity contribution < 1.29 is 19.1 Å². The van der Waals surface area contributed by atoms with Gasteiger partial charge in [-0.05, 0) is 44.5 Å². The van der Waals surface area contributed by atoms with E-state index in [-0.39, 0.29) is 6.54 Å². The first kappa shape index (κ1) is 21.0. The molecule has 0 aromatic heterocycles. The Morgan fingerprint density at radius 3 is 2.40 bits per heavy atom. The van der Waals surface area contributed by atoms with Crippen molar-refractivity contribution in [2.24, 2.45) is 0 Å². The predicted octanol–water partition coefficient (Wildman–Crippen LogP) is 3.79. The monoisotopic (exact) mass is 366 g/mol. The summed E-state index contributed by atoms with van der Waals surface area (Å²) >= 11 is 0. The summed E-state index contributed by atoms with van der Waals surface area (Å²) in [6, 6.07) is 5.94. The largest absolute Gasteiger partial charge is 0.462 e. The van der Waals surface area contributed by atoms with Crippen LogP contribution in [0.3, 0.4) is 0 Å². The molecule has 0 aliphatic heterocycles. The van der Waals surface area contributed by atoms with Crippen LogP contribution in [0.25, 0.3) is 0 Å². The van der Waals surface area contributed by atoms with Crippen LogP contribution in [0.15, 0.2) is 18.2 Å². The molecule has 0 radical (unpaired) electrons. The molecule has 1 aromatic carbocycles. The van der Waals surface area contributed by atoms with Gasteiger partial charge in [0.25, 0.3) is 0 Å². The Balaban J connectivity index is 2.66. The van der Waals surface area contributed by atoms with E-state index in [2.05, 4.69) is 25.0 Å². The van der Waals surface area contributed by atoms with Gasteiger partial charge in [-0.15, -0.1) is 0 Å². The van der Waals surface area contributed by atoms with Crippen LogP contribution in [0.5, 0.6) is 0 Å². The number of alkyl carbamates (subject to hydrolysis) is 1. The van der Waals surface area contributed by atoms with Gasteiger partial charge < -0.3 is 20.5 Å². The van der Waals surface area contributed by atoms with E-state index in [1.54, 1.807) is 39.0 Å². The van der Waals surface area contributed by atoms with E-state index in [0.717, 1.165) is 11.6 Å². The SMILES string of the molecule is CC(C)(C)OC(=O)NCc1ccc(N)c(C(=O)OCC[Si](C)(C)C)c1. The van der Waals surface area contributed by atoms with Crippen LogP contribution in [0.4, 0.5) is 10.5 Å². The summed E-state index contributed by atoms with van der Waals surface area (Å²) in [5.41, 5.74) is 6.75. The number of nitrogens with two attached hydrogens (primary N) is 1. The number of hydrogen-bond donors (Lipinski definition) is 2. The Morgan fingerprint density at radius 2 is 1.84 bits per heavy atom. The highest BCUT2D eigenvalue weighted by Crippen LogP contribution is 2.17. The van der Waals surface area contributed by atoms with Crippen LogP contribution >= 0.6 is 0 Å². The van der Waals surface area contributed by atoms with Crippen LogP contribution in [-0.4, -0.2) is 32.3 Å². The number of anilines is 1. The topological polar surface area (TPSA) is 90.6 Å². The molecule has 1 amide bonds. The standard InChI is InChI=1S/C18H30N2O4Si/c1-18(2,3)24-17(22)20-12-13-7-8-15(19)14(11-13)16(21)23-9-10-25(4,5)6/h7-8,11H,9-10,12,19H2,1-6H3,(H,20,22). The average molecular weight is 367 g/mol. The Labute approximate surface area is 151 Å². The van der Waals surface area contributed by atoms with E-state index in [4.69, 9.17) is 15.2 Å². The first-order valence-electron chi connectivity index (χ1n) is 8.40. The van der Waals surface area contributed by atoms with Crippen molar-refractivity contribution >= 4 is 25.8 Å². The highest BCUT2D eigenvalue weighted by molar-refractivity contribution is 6.76. The number of nitrogens with one attached hydrogen (secondary N) is 1. The maximum atomic E-state index is 12.2. The first-order chi connectivity index (χ1) is 11.4. The quantitative estimate of drug-likeness (QED) is 0.454. The molecule has 7 heteroatoms. The maximum Gasteiger partial charge on any atom is 0.407 e. The molecule has 0 saturated carbocycles. The van der Waals surface area contributed by atoms with Crippen molar-refractivity contribution in [3.8, 4) is 0 Å². The molecule has 0 bridgehead atoms. The second-order valence-electron chi connectivity index (χ2n) is 8.22. The summed E-state index contributed by atoms with van der Waals surface area (Å²) in [4.78, 5) is 23.9. The third-order valence-corrected chi connectivity index (χ3v) is 4.96. The minimum absolute atomic E-state index is 0.240. The molecule has 0 fully saturated rings. The summed E-state index contributed by atoms with van der Waals surface area (Å²) in [5, 5.41) is 2.66. The van der Waals surface area contributed by atoms with Crippen LogP contribution < -0.4 is 11.1 Å². The number of ether oxygens (including phenoxy) is 2. The van der Waals surface area contributed by atoms with E-state index in [1.165, 1.54) is 0 Å². The first-order valence-corrected chi connectivity index (χ1v) is 12.1. The predicted molar refractivity (Wildman–Crippen MR) is 102 cm³/mol. The van der Waals surface area contributed by atoms with Crippen LogP contribution in [-0.2, 0) is 16.0 Å². The number of hydrogen-bond acceptors (Lipinski definition) is 5. The van der Waals surface area contributed by atoms with Gasteiger partial charge in [0.15, 0.2) is 0 Å². The summed E-state index contributed by atoms with van der Waals surface area (Å²) in [6.45, 7) is 12.7. The van der Waals surface area contributed by atoms with E-state index < -0.39 is 25.7 Å². The van der Waals surface area contributed by atoms with Gasteiger partial charge in [-0.1, -0.05) is 25.7 Å². The second kappa shape index (κ2) is 8.38. The van der Waals surface area contributed by atoms with Gasteiger partial charge in [0.2, 0.25) is 0 Å². The van der Waals surface area contributed by atoms with Crippen LogP contribution in [0, 0.1) is 0 Å². The van der Waals surface area contributed by atoms with Crippen molar-refractivity contribution in [1.29, 1.82) is 0 Å². The Kier molecular flexibility index (Phi) is 7.04. The van der Waals surface area contributed by atoms with E-state index in [1.807, 2.05) is 0 Å². The minimum Gasteiger partial charge on any atom is -0.462 e. The molecule has 140 valence electrons. The smallest absolute Gasteiger partial charge is 0.407 e. The van der Waals surface area contributed by atoms with Gasteiger partial charge in [-0.25, -0.2) is 9.59 Å². The molecule has 0 atom stereocenters. The van der Waals surface area contributed by atoms with Crippen molar-refractivity contribution in [2.45, 2.75) is 58.6 Å². The van der Waals surface area contributed by atoms with Gasteiger partial charge in [0, 0.05) is 20.3 Å². The maximum absolute atomic E-state index is 12.2. The molecule has 0 spiro atoms. The number of benzene rings is 1. The summed E-state index contributed by atoms with van der Waals surface area (Å²) < 4.78 is 10.5. The normalized spacial score (nSPS) is 11.8. The van der Waals surface area contributed by atoms with E-state index >= 15 is 0 Å². The molecule has 0 aliphatic carbocycles. The Morgan fingerprint density at radius 1 is 1.20 bits per heavy atom. The second-order valence-corrected chi connectivity index (χ2v) is 13.8. The number of amides is 1. The number of carbonyl (C=O) groups excluding carboxylic acids is 2. The van der Waals surface area contributed by atoms with E-state index in [9.17, 15) is 9.59 Å². The third kappa shape index (κ3) is 8.58. The molecular formula is C18H30N2O4Si. The zero-order valence-corrected chi connectivity index (χ0v) is 17.1. The zero-order chi connectivity index (χ0) is 19.3. The van der Waals surface area contributed by atoms with Gasteiger partial charge in [0.05, 0.1) is 12.2 Å². The average Bonchev–Trinajstić information content (AvgIpc) is 2.43. The molecule has 3 N–H and O–H groups in total. The fourth-order valence-electron chi connectivity index (χ4n) is 1.91. The van der Waals surface area contributed by atoms with Gasteiger partial charge in [-0.3, -0.25) is 0 Å². The van der Waals surface area contributed by atoms with Crippen molar-refractivity contribution in [1.82, 2.24) is 5.32 Å². The number of esters is 1. The fraction of sp³-hybridized carbons (Fsp3) is 0.556. The molecule has 0 unspecified atom stereocenters.